The molecule has 0 fully saturated rings. The van der Waals surface area contributed by atoms with Crippen molar-refractivity contribution in [2.75, 3.05) is 23.1 Å². The molecule has 6 nitrogen and oxygen atoms in total. The molecular formula is C28H22ClN3O3. The number of halogens is 1. The predicted octanol–water partition coefficient (Wildman–Crippen LogP) is 6.23. The maximum absolute atomic E-state index is 13.7. The first-order valence-electron chi connectivity index (χ1n) is 11.3. The molecule has 1 aromatic heterocycles. The van der Waals surface area contributed by atoms with Gasteiger partial charge in [0.05, 0.1) is 5.69 Å². The lowest BCUT2D eigenvalue weighted by molar-refractivity contribution is 0.0988. The van der Waals surface area contributed by atoms with Crippen molar-refractivity contribution in [3.63, 3.8) is 0 Å². The van der Waals surface area contributed by atoms with E-state index in [9.17, 15) is 9.90 Å². The van der Waals surface area contributed by atoms with Crippen molar-refractivity contribution in [3.05, 3.63) is 83.4 Å². The maximum Gasteiger partial charge on any atom is 0.258 e. The SMILES string of the molecule is Cc1cccc2c(O)cc3c(c12)C(CCl)CN3C(=O)c1ccc2nc(-c3ccc(N)cc3)oc2c1. The summed E-state index contributed by atoms with van der Waals surface area (Å²) in [4.78, 5) is 19.9. The average molecular weight is 484 g/mol. The second kappa shape index (κ2) is 8.03. The lowest BCUT2D eigenvalue weighted by Crippen LogP contribution is -2.30. The Kier molecular flexibility index (Phi) is 4.93. The van der Waals surface area contributed by atoms with Crippen LogP contribution in [0.3, 0.4) is 0 Å². The van der Waals surface area contributed by atoms with Crippen LogP contribution in [0.2, 0.25) is 0 Å². The first-order chi connectivity index (χ1) is 16.9. The molecule has 4 aromatic carbocycles. The van der Waals surface area contributed by atoms with Gasteiger partial charge in [-0.3, -0.25) is 4.79 Å². The number of carbonyl (C=O) groups excluding carboxylic acids is 1. The molecule has 1 atom stereocenters. The first kappa shape index (κ1) is 21.5. The third-order valence-electron chi connectivity index (χ3n) is 6.69. The van der Waals surface area contributed by atoms with Gasteiger partial charge >= 0.3 is 0 Å². The lowest BCUT2D eigenvalue weighted by atomic mass is 9.92. The van der Waals surface area contributed by atoms with Crippen molar-refractivity contribution in [1.29, 1.82) is 0 Å². The van der Waals surface area contributed by atoms with Crippen molar-refractivity contribution >= 4 is 50.8 Å². The van der Waals surface area contributed by atoms with Gasteiger partial charge in [-0.15, -0.1) is 11.6 Å². The third kappa shape index (κ3) is 3.41. The monoisotopic (exact) mass is 483 g/mol. The topological polar surface area (TPSA) is 92.6 Å². The number of hydrogen-bond acceptors (Lipinski definition) is 5. The fourth-order valence-electron chi connectivity index (χ4n) is 4.98. The quantitative estimate of drug-likeness (QED) is 0.234. The number of aryl methyl sites for hydroxylation is 1. The molecule has 1 amide bonds. The van der Waals surface area contributed by atoms with Gasteiger partial charge in [-0.25, -0.2) is 4.98 Å². The minimum absolute atomic E-state index is 0.0362. The molecule has 1 aliphatic heterocycles. The minimum Gasteiger partial charge on any atom is -0.507 e. The Hall–Kier alpha value is -4.03. The van der Waals surface area contributed by atoms with E-state index in [0.29, 0.717) is 46.4 Å². The molecule has 3 N–H and O–H groups in total. The van der Waals surface area contributed by atoms with Crippen molar-refractivity contribution in [3.8, 4) is 17.2 Å². The maximum atomic E-state index is 13.7. The second-order valence-corrected chi connectivity index (χ2v) is 9.23. The van der Waals surface area contributed by atoms with E-state index in [2.05, 4.69) is 4.98 Å². The zero-order valence-corrected chi connectivity index (χ0v) is 19.7. The number of nitrogen functional groups attached to an aromatic ring is 1. The van der Waals surface area contributed by atoms with Crippen molar-refractivity contribution in [2.24, 2.45) is 0 Å². The van der Waals surface area contributed by atoms with Crippen molar-refractivity contribution < 1.29 is 14.3 Å². The molecule has 0 spiro atoms. The summed E-state index contributed by atoms with van der Waals surface area (Å²) in [5.74, 6) is 0.765. The standard InChI is InChI=1S/C28H22ClN3O3/c1-15-3-2-4-20-23(33)12-22-26(25(15)20)18(13-29)14-32(22)28(34)17-7-10-21-24(11-17)35-27(31-21)16-5-8-19(30)9-6-16/h2-12,18,33H,13-14,30H2,1H3. The van der Waals surface area contributed by atoms with E-state index < -0.39 is 0 Å². The normalized spacial score (nSPS) is 15.1. The Morgan fingerprint density at radius 1 is 1.17 bits per heavy atom. The number of benzene rings is 4. The molecule has 2 heterocycles. The van der Waals surface area contributed by atoms with Crippen LogP contribution in [0.1, 0.15) is 27.4 Å². The molecule has 0 radical (unpaired) electrons. The summed E-state index contributed by atoms with van der Waals surface area (Å²) < 4.78 is 5.97. The number of alkyl halides is 1. The fourth-order valence-corrected chi connectivity index (χ4v) is 5.23. The number of hydrogen-bond donors (Lipinski definition) is 2. The minimum atomic E-state index is -0.182. The number of oxazole rings is 1. The van der Waals surface area contributed by atoms with Gasteiger partial charge in [-0.2, -0.15) is 0 Å². The van der Waals surface area contributed by atoms with Gasteiger partial charge in [0.25, 0.3) is 5.91 Å². The number of aromatic hydroxyl groups is 1. The molecule has 0 aliphatic carbocycles. The first-order valence-corrected chi connectivity index (χ1v) is 11.9. The summed E-state index contributed by atoms with van der Waals surface area (Å²) in [5, 5.41) is 12.5. The molecule has 174 valence electrons. The number of phenolic OH excluding ortho intramolecular Hbond substituents is 1. The summed E-state index contributed by atoms with van der Waals surface area (Å²) in [6.07, 6.45) is 0. The zero-order chi connectivity index (χ0) is 24.3. The largest absolute Gasteiger partial charge is 0.507 e. The van der Waals surface area contributed by atoms with Crippen LogP contribution in [0.15, 0.2) is 71.1 Å². The molecule has 6 rings (SSSR count). The van der Waals surface area contributed by atoms with Gasteiger partial charge in [0.1, 0.15) is 11.3 Å². The highest BCUT2D eigenvalue weighted by atomic mass is 35.5. The van der Waals surface area contributed by atoms with Gasteiger partial charge in [0.15, 0.2) is 5.58 Å². The highest BCUT2D eigenvalue weighted by Crippen LogP contribution is 2.46. The Morgan fingerprint density at radius 2 is 1.97 bits per heavy atom. The summed E-state index contributed by atoms with van der Waals surface area (Å²) >= 11 is 6.36. The number of rotatable bonds is 3. The van der Waals surface area contributed by atoms with E-state index in [0.717, 1.165) is 27.5 Å². The lowest BCUT2D eigenvalue weighted by Gasteiger charge is -2.19. The smallest absolute Gasteiger partial charge is 0.258 e. The summed E-state index contributed by atoms with van der Waals surface area (Å²) in [5.41, 5.74) is 11.6. The van der Waals surface area contributed by atoms with Gasteiger partial charge in [-0.05, 0) is 65.9 Å². The number of phenols is 1. The van der Waals surface area contributed by atoms with E-state index in [1.54, 1.807) is 41.3 Å². The molecule has 7 heteroatoms. The second-order valence-electron chi connectivity index (χ2n) is 8.92. The number of aromatic nitrogens is 1. The third-order valence-corrected chi connectivity index (χ3v) is 7.07. The summed E-state index contributed by atoms with van der Waals surface area (Å²) in [7, 11) is 0. The molecular weight excluding hydrogens is 462 g/mol. The Bertz CT molecular complexity index is 1620. The molecule has 1 unspecified atom stereocenters. The van der Waals surface area contributed by atoms with Crippen LogP contribution in [-0.2, 0) is 0 Å². The fraction of sp³-hybridized carbons (Fsp3) is 0.143. The van der Waals surface area contributed by atoms with E-state index in [-0.39, 0.29) is 17.6 Å². The van der Waals surface area contributed by atoms with E-state index in [4.69, 9.17) is 21.8 Å². The highest BCUT2D eigenvalue weighted by molar-refractivity contribution is 6.19. The molecule has 0 saturated heterocycles. The van der Waals surface area contributed by atoms with Crippen LogP contribution >= 0.6 is 11.6 Å². The number of fused-ring (bicyclic) bond motifs is 4. The number of amides is 1. The van der Waals surface area contributed by atoms with Crippen LogP contribution in [0, 0.1) is 6.92 Å². The summed E-state index contributed by atoms with van der Waals surface area (Å²) in [6.45, 7) is 2.45. The Balaban J connectivity index is 1.42. The number of nitrogens with zero attached hydrogens (tertiary/aromatic N) is 2. The van der Waals surface area contributed by atoms with Crippen LogP contribution in [0.4, 0.5) is 11.4 Å². The molecule has 1 aliphatic rings. The van der Waals surface area contributed by atoms with Crippen molar-refractivity contribution in [2.45, 2.75) is 12.8 Å². The number of nitrogens with two attached hydrogens (primary N) is 1. The molecule has 5 aromatic rings. The molecule has 0 saturated carbocycles. The highest BCUT2D eigenvalue weighted by Gasteiger charge is 2.35. The van der Waals surface area contributed by atoms with E-state index >= 15 is 0 Å². The molecule has 35 heavy (non-hydrogen) atoms. The van der Waals surface area contributed by atoms with Gasteiger partial charge < -0.3 is 20.2 Å². The van der Waals surface area contributed by atoms with Gasteiger partial charge in [0.2, 0.25) is 5.89 Å². The van der Waals surface area contributed by atoms with E-state index in [1.807, 2.05) is 37.3 Å². The Labute approximate surface area is 206 Å². The van der Waals surface area contributed by atoms with Crippen LogP contribution in [0.25, 0.3) is 33.3 Å². The van der Waals surface area contributed by atoms with E-state index in [1.165, 1.54) is 0 Å². The van der Waals surface area contributed by atoms with Gasteiger partial charge in [-0.1, -0.05) is 18.2 Å². The van der Waals surface area contributed by atoms with Crippen LogP contribution < -0.4 is 10.6 Å². The van der Waals surface area contributed by atoms with Crippen LogP contribution in [-0.4, -0.2) is 28.4 Å². The molecule has 0 bridgehead atoms. The predicted molar refractivity (Wildman–Crippen MR) is 139 cm³/mol. The van der Waals surface area contributed by atoms with Gasteiger partial charge in [0, 0.05) is 46.6 Å². The Morgan fingerprint density at radius 3 is 2.74 bits per heavy atom. The average Bonchev–Trinajstić information content (AvgIpc) is 3.45. The number of anilines is 2. The number of carbonyl (C=O) groups is 1. The van der Waals surface area contributed by atoms with Crippen molar-refractivity contribution in [1.82, 2.24) is 4.98 Å². The zero-order valence-electron chi connectivity index (χ0n) is 19.0. The van der Waals surface area contributed by atoms with Crippen LogP contribution in [0.5, 0.6) is 5.75 Å². The summed E-state index contributed by atoms with van der Waals surface area (Å²) in [6, 6.07) is 20.0.